The molecule has 6 nitrogen and oxygen atoms in total. The number of hydrogen-bond acceptors (Lipinski definition) is 5. The topological polar surface area (TPSA) is 89.9 Å². The zero-order valence-electron chi connectivity index (χ0n) is 12.1. The van der Waals surface area contributed by atoms with Crippen LogP contribution < -0.4 is 5.32 Å². The minimum atomic E-state index is -3.09. The van der Waals surface area contributed by atoms with Crippen molar-refractivity contribution in [2.45, 2.75) is 32.4 Å². The summed E-state index contributed by atoms with van der Waals surface area (Å²) < 4.78 is 25.1. The van der Waals surface area contributed by atoms with Gasteiger partial charge in [-0.25, -0.2) is 12.7 Å². The summed E-state index contributed by atoms with van der Waals surface area (Å²) in [4.78, 5) is 0. The Morgan fingerprint density at radius 1 is 1.29 bits per heavy atom. The van der Waals surface area contributed by atoms with E-state index in [-0.39, 0.29) is 23.3 Å². The summed E-state index contributed by atoms with van der Waals surface area (Å²) in [6.07, 6.45) is 1.50. The van der Waals surface area contributed by atoms with Gasteiger partial charge in [0.2, 0.25) is 10.0 Å². The summed E-state index contributed by atoms with van der Waals surface area (Å²) in [6, 6.07) is 5.09. The third-order valence-electron chi connectivity index (χ3n) is 3.89. The summed E-state index contributed by atoms with van der Waals surface area (Å²) >= 11 is 0. The van der Waals surface area contributed by atoms with Crippen LogP contribution in [-0.4, -0.2) is 47.8 Å². The molecular formula is C14H22N2O4S. The van der Waals surface area contributed by atoms with Gasteiger partial charge >= 0.3 is 0 Å². The molecule has 0 aliphatic carbocycles. The van der Waals surface area contributed by atoms with Crippen LogP contribution in [0.4, 0.5) is 0 Å². The second-order valence-electron chi connectivity index (χ2n) is 5.24. The first-order valence-electron chi connectivity index (χ1n) is 7.15. The number of hydrogen-bond donors (Lipinski definition) is 3. The van der Waals surface area contributed by atoms with Crippen LogP contribution >= 0.6 is 0 Å². The van der Waals surface area contributed by atoms with Crippen LogP contribution in [0.3, 0.4) is 0 Å². The Hall–Kier alpha value is -1.31. The summed E-state index contributed by atoms with van der Waals surface area (Å²) in [7, 11) is -3.09. The van der Waals surface area contributed by atoms with Crippen LogP contribution in [-0.2, 0) is 16.6 Å². The molecule has 1 saturated heterocycles. The van der Waals surface area contributed by atoms with E-state index >= 15 is 0 Å². The number of aromatic hydroxyl groups is 2. The molecule has 1 aliphatic heterocycles. The molecule has 0 saturated carbocycles. The van der Waals surface area contributed by atoms with Crippen LogP contribution in [0.2, 0.25) is 0 Å². The molecule has 1 fully saturated rings. The predicted molar refractivity (Wildman–Crippen MR) is 80.7 cm³/mol. The molecule has 7 heteroatoms. The van der Waals surface area contributed by atoms with E-state index in [1.165, 1.54) is 10.4 Å². The molecule has 2 rings (SSSR count). The zero-order valence-corrected chi connectivity index (χ0v) is 12.9. The van der Waals surface area contributed by atoms with Crippen molar-refractivity contribution in [3.05, 3.63) is 23.8 Å². The van der Waals surface area contributed by atoms with Gasteiger partial charge in [0.05, 0.1) is 5.75 Å². The van der Waals surface area contributed by atoms with Crippen molar-refractivity contribution in [3.8, 4) is 11.5 Å². The van der Waals surface area contributed by atoms with Crippen molar-refractivity contribution in [1.82, 2.24) is 9.62 Å². The number of para-hydroxylation sites is 1. The van der Waals surface area contributed by atoms with Crippen LogP contribution in [0.25, 0.3) is 0 Å². The minimum Gasteiger partial charge on any atom is -0.504 e. The fourth-order valence-electron chi connectivity index (χ4n) is 2.50. The lowest BCUT2D eigenvalue weighted by atomic mass is 10.1. The SMILES string of the molecule is CCS(=O)(=O)N1CCC(NCc2cccc(O)c2O)CC1. The Morgan fingerprint density at radius 3 is 2.57 bits per heavy atom. The van der Waals surface area contributed by atoms with Crippen LogP contribution in [0.15, 0.2) is 18.2 Å². The summed E-state index contributed by atoms with van der Waals surface area (Å²) in [5, 5.41) is 22.5. The second kappa shape index (κ2) is 6.64. The van der Waals surface area contributed by atoms with Gasteiger partial charge in [0.25, 0.3) is 0 Å². The number of rotatable bonds is 5. The molecule has 1 aliphatic rings. The highest BCUT2D eigenvalue weighted by atomic mass is 32.2. The van der Waals surface area contributed by atoms with E-state index in [0.29, 0.717) is 25.2 Å². The van der Waals surface area contributed by atoms with E-state index in [1.807, 2.05) is 0 Å². The van der Waals surface area contributed by atoms with Crippen LogP contribution in [0.5, 0.6) is 11.5 Å². The molecule has 0 aromatic heterocycles. The molecule has 0 radical (unpaired) electrons. The highest BCUT2D eigenvalue weighted by Crippen LogP contribution is 2.28. The lowest BCUT2D eigenvalue weighted by Crippen LogP contribution is -2.45. The van der Waals surface area contributed by atoms with Crippen molar-refractivity contribution >= 4 is 10.0 Å². The Balaban J connectivity index is 1.86. The van der Waals surface area contributed by atoms with E-state index in [1.54, 1.807) is 19.1 Å². The van der Waals surface area contributed by atoms with Crippen molar-refractivity contribution < 1.29 is 18.6 Å². The van der Waals surface area contributed by atoms with Crippen LogP contribution in [0, 0.1) is 0 Å². The van der Waals surface area contributed by atoms with Gasteiger partial charge in [-0.15, -0.1) is 0 Å². The van der Waals surface area contributed by atoms with Gasteiger partial charge < -0.3 is 15.5 Å². The van der Waals surface area contributed by atoms with E-state index < -0.39 is 10.0 Å². The molecular weight excluding hydrogens is 292 g/mol. The zero-order chi connectivity index (χ0) is 15.5. The molecule has 0 amide bonds. The number of nitrogens with one attached hydrogen (secondary N) is 1. The van der Waals surface area contributed by atoms with Crippen molar-refractivity contribution in [2.24, 2.45) is 0 Å². The predicted octanol–water partition coefficient (Wildman–Crippen LogP) is 1.00. The molecule has 3 N–H and O–H groups in total. The average molecular weight is 314 g/mol. The van der Waals surface area contributed by atoms with Gasteiger partial charge in [-0.2, -0.15) is 0 Å². The Morgan fingerprint density at radius 2 is 1.95 bits per heavy atom. The number of sulfonamides is 1. The highest BCUT2D eigenvalue weighted by Gasteiger charge is 2.26. The average Bonchev–Trinajstić information content (AvgIpc) is 2.49. The maximum absolute atomic E-state index is 11.8. The van der Waals surface area contributed by atoms with Gasteiger partial charge in [-0.1, -0.05) is 12.1 Å². The second-order valence-corrected chi connectivity index (χ2v) is 7.50. The monoisotopic (exact) mass is 314 g/mol. The highest BCUT2D eigenvalue weighted by molar-refractivity contribution is 7.89. The van der Waals surface area contributed by atoms with E-state index in [0.717, 1.165) is 12.8 Å². The fourth-order valence-corrected chi connectivity index (χ4v) is 3.63. The maximum Gasteiger partial charge on any atom is 0.213 e. The minimum absolute atomic E-state index is 0.101. The maximum atomic E-state index is 11.8. The van der Waals surface area contributed by atoms with Crippen LogP contribution in [0.1, 0.15) is 25.3 Å². The lowest BCUT2D eigenvalue weighted by Gasteiger charge is -2.31. The Labute approximate surface area is 125 Å². The van der Waals surface area contributed by atoms with E-state index in [4.69, 9.17) is 0 Å². The summed E-state index contributed by atoms with van der Waals surface area (Å²) in [5.74, 6) is -0.0865. The van der Waals surface area contributed by atoms with Gasteiger partial charge in [0.1, 0.15) is 0 Å². The molecule has 0 bridgehead atoms. The molecule has 1 aromatic rings. The van der Waals surface area contributed by atoms with Gasteiger partial charge in [0.15, 0.2) is 11.5 Å². The van der Waals surface area contributed by atoms with E-state index in [9.17, 15) is 18.6 Å². The van der Waals surface area contributed by atoms with Crippen molar-refractivity contribution in [2.75, 3.05) is 18.8 Å². The molecule has 118 valence electrons. The van der Waals surface area contributed by atoms with Crippen molar-refractivity contribution in [3.63, 3.8) is 0 Å². The number of piperidine rings is 1. The molecule has 0 spiro atoms. The van der Waals surface area contributed by atoms with Gasteiger partial charge in [-0.3, -0.25) is 0 Å². The largest absolute Gasteiger partial charge is 0.504 e. The van der Waals surface area contributed by atoms with Gasteiger partial charge in [-0.05, 0) is 25.8 Å². The first-order chi connectivity index (χ1) is 9.94. The normalized spacial score (nSPS) is 18.0. The smallest absolute Gasteiger partial charge is 0.213 e. The number of nitrogens with zero attached hydrogens (tertiary/aromatic N) is 1. The number of benzene rings is 1. The first-order valence-corrected chi connectivity index (χ1v) is 8.76. The van der Waals surface area contributed by atoms with Crippen molar-refractivity contribution in [1.29, 1.82) is 0 Å². The van der Waals surface area contributed by atoms with E-state index in [2.05, 4.69) is 5.32 Å². The quantitative estimate of drug-likeness (QED) is 0.706. The molecule has 0 atom stereocenters. The lowest BCUT2D eigenvalue weighted by molar-refractivity contribution is 0.288. The summed E-state index contributed by atoms with van der Waals surface area (Å²) in [6.45, 7) is 3.16. The fraction of sp³-hybridized carbons (Fsp3) is 0.571. The number of phenols is 2. The molecule has 0 unspecified atom stereocenters. The molecule has 21 heavy (non-hydrogen) atoms. The summed E-state index contributed by atoms with van der Waals surface area (Å²) in [5.41, 5.74) is 0.638. The number of phenolic OH excluding ortho intramolecular Hbond substituents is 2. The Bertz CT molecular complexity index is 581. The molecule has 1 heterocycles. The molecule has 1 aromatic carbocycles. The Kier molecular flexibility index (Phi) is 5.08. The standard InChI is InChI=1S/C14H22N2O4S/c1-2-21(19,20)16-8-6-12(7-9-16)15-10-11-4-3-5-13(17)14(11)18/h3-5,12,15,17-18H,2,6-10H2,1H3. The first kappa shape index (κ1) is 16.1. The van der Waals surface area contributed by atoms with Gasteiger partial charge in [0, 0.05) is 31.2 Å². The third kappa shape index (κ3) is 3.87. The third-order valence-corrected chi connectivity index (χ3v) is 5.77.